The van der Waals surface area contributed by atoms with E-state index in [0.717, 1.165) is 0 Å². The average Bonchev–Trinajstić information content (AvgIpc) is 0.722. The van der Waals surface area contributed by atoms with Crippen LogP contribution in [0, 0.1) is 0 Å². The number of hydrogen-bond donors (Lipinski definition) is 0. The largest absolute Gasteiger partial charge is 1.48 e. The molecular formula is C4H9Na2P. The molecule has 7 heavy (non-hydrogen) atoms. The summed E-state index contributed by atoms with van der Waals surface area (Å²) in [5, 5.41) is 0.194. The average molecular weight is 134 g/mol. The van der Waals surface area contributed by atoms with Gasteiger partial charge < -0.3 is 14.4 Å². The first-order valence-corrected chi connectivity index (χ1v) is 2.17. The maximum atomic E-state index is 4.12. The summed E-state index contributed by atoms with van der Waals surface area (Å²) in [4.78, 5) is 0. The van der Waals surface area contributed by atoms with Crippen molar-refractivity contribution in [3.63, 3.8) is 0 Å². The van der Waals surface area contributed by atoms with E-state index in [9.17, 15) is 0 Å². The first kappa shape index (κ1) is 16.2. The molecular weight excluding hydrogens is 125 g/mol. The Bertz CT molecular complexity index is 25.2. The van der Waals surface area contributed by atoms with Gasteiger partial charge >= 0.3 is 59.1 Å². The Morgan fingerprint density at radius 3 is 1.00 bits per heavy atom. The van der Waals surface area contributed by atoms with Gasteiger partial charge in [0.2, 0.25) is 0 Å². The molecule has 0 saturated heterocycles. The first-order valence-electron chi connectivity index (χ1n) is 1.72. The van der Waals surface area contributed by atoms with Crippen LogP contribution in [0.5, 0.6) is 0 Å². The zero-order valence-electron chi connectivity index (χ0n) is 5.95. The molecule has 3 heteroatoms. The van der Waals surface area contributed by atoms with E-state index >= 15 is 0 Å². The fraction of sp³-hybridized carbons (Fsp3) is 1.00. The van der Waals surface area contributed by atoms with E-state index in [4.69, 9.17) is 0 Å². The van der Waals surface area contributed by atoms with Crippen LogP contribution in [0.1, 0.15) is 20.8 Å². The molecule has 0 N–H and O–H groups in total. The van der Waals surface area contributed by atoms with Gasteiger partial charge in [-0.1, -0.05) is 0 Å². The van der Waals surface area contributed by atoms with Crippen LogP contribution in [0.4, 0.5) is 0 Å². The molecule has 0 aliphatic carbocycles. The van der Waals surface area contributed by atoms with E-state index in [1.165, 1.54) is 0 Å². The molecule has 0 radical (unpaired) electrons. The minimum absolute atomic E-state index is 0. The maximum absolute atomic E-state index is 4.12. The van der Waals surface area contributed by atoms with Gasteiger partial charge in [0.15, 0.2) is 0 Å². The van der Waals surface area contributed by atoms with E-state index in [1.807, 2.05) is 0 Å². The Kier molecular flexibility index (Phi) is 15.2. The zero-order chi connectivity index (χ0) is 4.50. The quantitative estimate of drug-likeness (QED) is 0.235. The van der Waals surface area contributed by atoms with Crippen LogP contribution in [0.3, 0.4) is 0 Å². The summed E-state index contributed by atoms with van der Waals surface area (Å²) in [5.41, 5.74) is 0. The summed E-state index contributed by atoms with van der Waals surface area (Å²) in [7, 11) is 4.12. The van der Waals surface area contributed by atoms with Gasteiger partial charge in [0.25, 0.3) is 0 Å². The first-order chi connectivity index (χ1) is 2.00. The minimum atomic E-state index is 0. The van der Waals surface area contributed by atoms with Crippen LogP contribution in [0.25, 0.3) is 0 Å². The molecule has 32 valence electrons. The molecule has 0 aliphatic heterocycles. The third-order valence-electron chi connectivity index (χ3n) is 0. The van der Waals surface area contributed by atoms with Crippen molar-refractivity contribution in [1.82, 2.24) is 0 Å². The van der Waals surface area contributed by atoms with Gasteiger partial charge in [-0.2, -0.15) is 0 Å². The summed E-state index contributed by atoms with van der Waals surface area (Å²) < 4.78 is 0. The molecule has 0 unspecified atom stereocenters. The molecule has 0 rings (SSSR count). The van der Waals surface area contributed by atoms with Crippen LogP contribution >= 0.6 is 9.24 Å². The molecule has 0 atom stereocenters. The van der Waals surface area contributed by atoms with Gasteiger partial charge in [-0.15, -0.1) is 20.8 Å². The summed E-state index contributed by atoms with van der Waals surface area (Å²) in [5.74, 6) is 0. The fourth-order valence-electron chi connectivity index (χ4n) is 0. The Labute approximate surface area is 93.0 Å². The normalized spacial score (nSPS) is 8.57. The van der Waals surface area contributed by atoms with Crippen molar-refractivity contribution in [2.45, 2.75) is 25.9 Å². The van der Waals surface area contributed by atoms with Gasteiger partial charge in [0, 0.05) is 0 Å². The molecule has 0 aromatic carbocycles. The second-order valence-corrected chi connectivity index (χ2v) is 3.51. The molecule has 0 saturated carbocycles. The van der Waals surface area contributed by atoms with E-state index in [2.05, 4.69) is 30.0 Å². The van der Waals surface area contributed by atoms with Gasteiger partial charge in [0.05, 0.1) is 0 Å². The molecule has 0 aromatic heterocycles. The van der Waals surface area contributed by atoms with E-state index < -0.39 is 0 Å². The Morgan fingerprint density at radius 2 is 1.00 bits per heavy atom. The summed E-state index contributed by atoms with van der Waals surface area (Å²) in [6, 6.07) is 0. The molecule has 0 amide bonds. The van der Waals surface area contributed by atoms with Crippen molar-refractivity contribution in [3.05, 3.63) is 0 Å². The van der Waals surface area contributed by atoms with Crippen LogP contribution in [0.2, 0.25) is 0 Å². The van der Waals surface area contributed by atoms with Crippen LogP contribution in [-0.2, 0) is 0 Å². The van der Waals surface area contributed by atoms with Crippen LogP contribution in [-0.4, -0.2) is 5.16 Å². The molecule has 0 spiro atoms. The molecule has 0 fully saturated rings. The third kappa shape index (κ3) is 59.0. The minimum Gasteiger partial charge on any atom is -1.48 e. The van der Waals surface area contributed by atoms with Crippen LogP contribution in [0.15, 0.2) is 0 Å². The van der Waals surface area contributed by atoms with E-state index in [-0.39, 0.29) is 64.3 Å². The third-order valence-corrected chi connectivity index (χ3v) is 0. The van der Waals surface area contributed by atoms with E-state index in [0.29, 0.717) is 0 Å². The van der Waals surface area contributed by atoms with Crippen molar-refractivity contribution in [2.24, 2.45) is 0 Å². The standard InChI is InChI=1S/C4H9P.2Na/c1-4(2,3)5;;/h1-3H3;;/q-2;2*+1. The Hall–Kier alpha value is 2.43. The zero-order valence-corrected chi connectivity index (χ0v) is 10.8. The predicted molar refractivity (Wildman–Crippen MR) is 26.7 cm³/mol. The van der Waals surface area contributed by atoms with E-state index in [1.54, 1.807) is 0 Å². The van der Waals surface area contributed by atoms with Crippen molar-refractivity contribution in [2.75, 3.05) is 0 Å². The summed E-state index contributed by atoms with van der Waals surface area (Å²) in [6.07, 6.45) is 0. The second-order valence-electron chi connectivity index (χ2n) is 2.17. The van der Waals surface area contributed by atoms with Gasteiger partial charge in [-0.3, -0.25) is 0 Å². The van der Waals surface area contributed by atoms with Crippen molar-refractivity contribution in [3.8, 4) is 0 Å². The molecule has 0 nitrogen and oxygen atoms in total. The summed E-state index contributed by atoms with van der Waals surface area (Å²) in [6.45, 7) is 6.16. The SMILES string of the molecule is CC(C)(C)[P-2].[Na+].[Na+]. The number of hydrogen-bond acceptors (Lipinski definition) is 0. The van der Waals surface area contributed by atoms with Crippen molar-refractivity contribution < 1.29 is 59.1 Å². The topological polar surface area (TPSA) is 0 Å². The predicted octanol–water partition coefficient (Wildman–Crippen LogP) is -3.80. The smallest absolute Gasteiger partial charge is 1.00 e. The van der Waals surface area contributed by atoms with Crippen molar-refractivity contribution >= 4 is 9.24 Å². The second kappa shape index (κ2) is 6.55. The molecule has 0 heterocycles. The Balaban J connectivity index is -0.0000000800. The monoisotopic (exact) mass is 134 g/mol. The summed E-state index contributed by atoms with van der Waals surface area (Å²) >= 11 is 0. The van der Waals surface area contributed by atoms with Gasteiger partial charge in [0.1, 0.15) is 0 Å². The molecule has 0 aliphatic rings. The maximum Gasteiger partial charge on any atom is 1.00 e. The molecule has 0 aromatic rings. The fourth-order valence-corrected chi connectivity index (χ4v) is 0. The van der Waals surface area contributed by atoms with Crippen molar-refractivity contribution in [1.29, 1.82) is 0 Å². The van der Waals surface area contributed by atoms with Gasteiger partial charge in [-0.05, 0) is 0 Å². The number of rotatable bonds is 0. The van der Waals surface area contributed by atoms with Crippen LogP contribution < -0.4 is 59.1 Å². The Morgan fingerprint density at radius 1 is 1.00 bits per heavy atom. The molecule has 0 bridgehead atoms. The van der Waals surface area contributed by atoms with Gasteiger partial charge in [-0.25, -0.2) is 0 Å².